The van der Waals surface area contributed by atoms with Crippen LogP contribution in [0.2, 0.25) is 0 Å². The van der Waals surface area contributed by atoms with E-state index in [4.69, 9.17) is 4.74 Å². The van der Waals surface area contributed by atoms with E-state index in [0.29, 0.717) is 11.1 Å². The van der Waals surface area contributed by atoms with Crippen LogP contribution in [0.15, 0.2) is 12.1 Å². The van der Waals surface area contributed by atoms with Gasteiger partial charge in [0.25, 0.3) is 5.78 Å². The first-order valence-corrected chi connectivity index (χ1v) is 7.63. The number of rotatable bonds is 3. The highest BCUT2D eigenvalue weighted by atomic mass is 19.4. The third-order valence-corrected chi connectivity index (χ3v) is 3.55. The molecule has 0 bridgehead atoms. The van der Waals surface area contributed by atoms with Crippen molar-refractivity contribution in [1.82, 2.24) is 0 Å². The molecular formula is C18H25F3O2. The fourth-order valence-electron chi connectivity index (χ4n) is 2.24. The van der Waals surface area contributed by atoms with Crippen molar-refractivity contribution < 1.29 is 22.7 Å². The quantitative estimate of drug-likeness (QED) is 0.691. The maximum absolute atomic E-state index is 13.0. The third kappa shape index (κ3) is 4.49. The molecule has 0 aromatic heterocycles. The molecule has 1 aromatic carbocycles. The molecule has 130 valence electrons. The summed E-state index contributed by atoms with van der Waals surface area (Å²) in [6, 6.07) is 3.16. The topological polar surface area (TPSA) is 26.3 Å². The van der Waals surface area contributed by atoms with Gasteiger partial charge in [-0.25, -0.2) is 0 Å². The van der Waals surface area contributed by atoms with Crippen LogP contribution in [0, 0.1) is 0 Å². The predicted octanol–water partition coefficient (Wildman–Crippen LogP) is 5.43. The lowest BCUT2D eigenvalue weighted by atomic mass is 9.78. The summed E-state index contributed by atoms with van der Waals surface area (Å²) in [5, 5.41) is 0. The van der Waals surface area contributed by atoms with E-state index >= 15 is 0 Å². The fraction of sp³-hybridized carbons (Fsp3) is 0.611. The van der Waals surface area contributed by atoms with E-state index in [2.05, 4.69) is 0 Å². The Hall–Kier alpha value is -1.52. The molecule has 0 saturated heterocycles. The van der Waals surface area contributed by atoms with Crippen molar-refractivity contribution in [3.05, 3.63) is 28.8 Å². The van der Waals surface area contributed by atoms with Crippen LogP contribution in [0.4, 0.5) is 13.2 Å². The van der Waals surface area contributed by atoms with Gasteiger partial charge in [0.1, 0.15) is 5.75 Å². The minimum atomic E-state index is -4.93. The van der Waals surface area contributed by atoms with Crippen molar-refractivity contribution in [2.45, 2.75) is 65.5 Å². The molecule has 0 aliphatic carbocycles. The second-order valence-corrected chi connectivity index (χ2v) is 7.66. The highest BCUT2D eigenvalue weighted by Crippen LogP contribution is 2.40. The molecule has 5 heteroatoms. The summed E-state index contributed by atoms with van der Waals surface area (Å²) < 4.78 is 44.5. The minimum absolute atomic E-state index is 0.0373. The summed E-state index contributed by atoms with van der Waals surface area (Å²) in [4.78, 5) is 11.9. The van der Waals surface area contributed by atoms with Gasteiger partial charge in [-0.3, -0.25) is 4.79 Å². The van der Waals surface area contributed by atoms with Gasteiger partial charge in [-0.15, -0.1) is 0 Å². The van der Waals surface area contributed by atoms with Crippen LogP contribution >= 0.6 is 0 Å². The number of halogens is 3. The van der Waals surface area contributed by atoms with E-state index < -0.39 is 22.9 Å². The summed E-state index contributed by atoms with van der Waals surface area (Å²) in [5.74, 6) is -1.83. The van der Waals surface area contributed by atoms with E-state index in [1.165, 1.54) is 6.07 Å². The van der Waals surface area contributed by atoms with Crippen LogP contribution in [0.3, 0.4) is 0 Å². The average Bonchev–Trinajstić information content (AvgIpc) is 2.34. The lowest BCUT2D eigenvalue weighted by Crippen LogP contribution is -2.26. The Morgan fingerprint density at radius 3 is 1.87 bits per heavy atom. The maximum atomic E-state index is 13.0. The van der Waals surface area contributed by atoms with E-state index in [-0.39, 0.29) is 17.8 Å². The molecule has 0 fully saturated rings. The number of hydrogen-bond acceptors (Lipinski definition) is 2. The summed E-state index contributed by atoms with van der Waals surface area (Å²) in [6.07, 6.45) is -4.93. The Labute approximate surface area is 136 Å². The SMILES string of the molecule is CCOc1c(C(=O)C(F)(F)F)cc(C(C)(C)C)cc1C(C)(C)C. The number of hydrogen-bond donors (Lipinski definition) is 0. The second kappa shape index (κ2) is 6.17. The van der Waals surface area contributed by atoms with Crippen LogP contribution in [0.1, 0.15) is 70.0 Å². The molecule has 1 rings (SSSR count). The molecule has 0 N–H and O–H groups in total. The smallest absolute Gasteiger partial charge is 0.455 e. The van der Waals surface area contributed by atoms with E-state index in [0.717, 1.165) is 0 Å². The molecule has 0 spiro atoms. The Kier molecular flexibility index (Phi) is 5.24. The van der Waals surface area contributed by atoms with Crippen molar-refractivity contribution in [2.75, 3.05) is 6.61 Å². The number of carbonyl (C=O) groups excluding carboxylic acids is 1. The molecule has 0 saturated carbocycles. The zero-order chi connectivity index (χ0) is 18.2. The van der Waals surface area contributed by atoms with Crippen LogP contribution in [-0.4, -0.2) is 18.6 Å². The Morgan fingerprint density at radius 1 is 1.00 bits per heavy atom. The molecule has 0 aliphatic heterocycles. The zero-order valence-corrected chi connectivity index (χ0v) is 14.8. The normalized spacial score (nSPS) is 13.1. The van der Waals surface area contributed by atoms with Crippen molar-refractivity contribution in [3.8, 4) is 5.75 Å². The van der Waals surface area contributed by atoms with Crippen LogP contribution < -0.4 is 4.74 Å². The van der Waals surface area contributed by atoms with Crippen molar-refractivity contribution in [1.29, 1.82) is 0 Å². The van der Waals surface area contributed by atoms with Crippen LogP contribution in [0.25, 0.3) is 0 Å². The minimum Gasteiger partial charge on any atom is -0.493 e. The third-order valence-electron chi connectivity index (χ3n) is 3.55. The molecule has 1 aromatic rings. The van der Waals surface area contributed by atoms with Crippen LogP contribution in [-0.2, 0) is 10.8 Å². The molecule has 0 aliphatic rings. The Bertz CT molecular complexity index is 588. The van der Waals surface area contributed by atoms with Gasteiger partial charge in [0.05, 0.1) is 12.2 Å². The van der Waals surface area contributed by atoms with Gasteiger partial charge in [-0.1, -0.05) is 47.6 Å². The average molecular weight is 330 g/mol. The van der Waals surface area contributed by atoms with Gasteiger partial charge in [0.2, 0.25) is 0 Å². The first-order valence-electron chi connectivity index (χ1n) is 7.63. The van der Waals surface area contributed by atoms with Crippen LogP contribution in [0.5, 0.6) is 5.75 Å². The van der Waals surface area contributed by atoms with Crippen molar-refractivity contribution in [2.24, 2.45) is 0 Å². The highest BCUT2D eigenvalue weighted by Gasteiger charge is 2.42. The lowest BCUT2D eigenvalue weighted by Gasteiger charge is -2.29. The monoisotopic (exact) mass is 330 g/mol. The first kappa shape index (κ1) is 19.5. The van der Waals surface area contributed by atoms with Gasteiger partial charge >= 0.3 is 6.18 Å². The summed E-state index contributed by atoms with van der Waals surface area (Å²) in [5.41, 5.74) is 0.0483. The first-order chi connectivity index (χ1) is 10.2. The van der Waals surface area contributed by atoms with E-state index in [9.17, 15) is 18.0 Å². The van der Waals surface area contributed by atoms with Gasteiger partial charge in [-0.2, -0.15) is 13.2 Å². The molecule has 2 nitrogen and oxygen atoms in total. The number of carbonyl (C=O) groups is 1. The van der Waals surface area contributed by atoms with Gasteiger partial charge in [0.15, 0.2) is 0 Å². The largest absolute Gasteiger partial charge is 0.493 e. The molecule has 0 radical (unpaired) electrons. The van der Waals surface area contributed by atoms with E-state index in [1.807, 2.05) is 47.6 Å². The lowest BCUT2D eigenvalue weighted by molar-refractivity contribution is -0.0886. The molecule has 0 heterocycles. The maximum Gasteiger partial charge on any atom is 0.455 e. The Morgan fingerprint density at radius 2 is 1.52 bits per heavy atom. The number of Topliss-reactive ketones (excluding diaryl/α,β-unsaturated/α-hetero) is 1. The molecule has 0 unspecified atom stereocenters. The fourth-order valence-corrected chi connectivity index (χ4v) is 2.24. The number of alkyl halides is 3. The number of benzene rings is 1. The number of ether oxygens (including phenoxy) is 1. The van der Waals surface area contributed by atoms with Gasteiger partial charge < -0.3 is 4.74 Å². The van der Waals surface area contributed by atoms with Crippen molar-refractivity contribution >= 4 is 5.78 Å². The molecule has 0 amide bonds. The highest BCUT2D eigenvalue weighted by molar-refractivity contribution is 6.03. The number of ketones is 1. The van der Waals surface area contributed by atoms with Gasteiger partial charge in [-0.05, 0) is 29.4 Å². The van der Waals surface area contributed by atoms with Crippen molar-refractivity contribution in [3.63, 3.8) is 0 Å². The zero-order valence-electron chi connectivity index (χ0n) is 14.8. The Balaban J connectivity index is 3.80. The molecule has 0 atom stereocenters. The molecular weight excluding hydrogens is 305 g/mol. The standard InChI is InChI=1S/C18H25F3O2/c1-8-23-14-12(15(22)18(19,20)21)9-11(16(2,3)4)10-13(14)17(5,6)7/h9-10H,8H2,1-7H3. The predicted molar refractivity (Wildman–Crippen MR) is 85.4 cm³/mol. The summed E-state index contributed by atoms with van der Waals surface area (Å²) >= 11 is 0. The molecule has 23 heavy (non-hydrogen) atoms. The second-order valence-electron chi connectivity index (χ2n) is 7.66. The summed E-state index contributed by atoms with van der Waals surface area (Å²) in [6.45, 7) is 13.2. The van der Waals surface area contributed by atoms with E-state index in [1.54, 1.807) is 6.92 Å². The summed E-state index contributed by atoms with van der Waals surface area (Å²) in [7, 11) is 0. The van der Waals surface area contributed by atoms with Gasteiger partial charge in [0, 0.05) is 5.56 Å².